The number of pyridine rings is 1. The van der Waals surface area contributed by atoms with Crippen molar-refractivity contribution in [3.05, 3.63) is 35.2 Å². The molecule has 2 N–H and O–H groups in total. The highest BCUT2D eigenvalue weighted by Crippen LogP contribution is 2.45. The Hall–Kier alpha value is -2.37. The van der Waals surface area contributed by atoms with E-state index in [0.717, 1.165) is 73.5 Å². The number of hydrogen-bond acceptors (Lipinski definition) is 4. The molecule has 2 aromatic rings. The molecule has 2 aliphatic heterocycles. The van der Waals surface area contributed by atoms with Crippen molar-refractivity contribution >= 4 is 17.5 Å². The van der Waals surface area contributed by atoms with Gasteiger partial charge >= 0.3 is 0 Å². The van der Waals surface area contributed by atoms with Gasteiger partial charge in [0, 0.05) is 16.7 Å². The van der Waals surface area contributed by atoms with Gasteiger partial charge in [-0.3, -0.25) is 9.89 Å². The van der Waals surface area contributed by atoms with Crippen LogP contribution in [0.3, 0.4) is 0 Å². The molecule has 6 nitrogen and oxygen atoms in total. The minimum atomic E-state index is -0.124. The van der Waals surface area contributed by atoms with E-state index in [-0.39, 0.29) is 5.41 Å². The zero-order chi connectivity index (χ0) is 18.3. The van der Waals surface area contributed by atoms with Gasteiger partial charge in [0.05, 0.1) is 18.8 Å². The van der Waals surface area contributed by atoms with E-state index in [1.165, 1.54) is 12.8 Å². The van der Waals surface area contributed by atoms with Gasteiger partial charge in [0.2, 0.25) is 5.91 Å². The van der Waals surface area contributed by atoms with Crippen LogP contribution in [0.15, 0.2) is 18.2 Å². The van der Waals surface area contributed by atoms with E-state index >= 15 is 0 Å². The molecule has 5 rings (SSSR count). The third-order valence-electron chi connectivity index (χ3n) is 6.59. The third kappa shape index (κ3) is 3.01. The van der Waals surface area contributed by atoms with Crippen molar-refractivity contribution in [2.75, 3.05) is 5.32 Å². The molecule has 27 heavy (non-hydrogen) atoms. The molecular weight excluding hydrogens is 338 g/mol. The Morgan fingerprint density at radius 3 is 2.67 bits per heavy atom. The molecule has 3 aliphatic rings. The number of nitrogens with zero attached hydrogens (tertiary/aromatic N) is 3. The van der Waals surface area contributed by atoms with E-state index in [0.29, 0.717) is 19.0 Å². The number of nitrogens with one attached hydrogen (secondary N) is 2. The van der Waals surface area contributed by atoms with E-state index < -0.39 is 0 Å². The van der Waals surface area contributed by atoms with Crippen molar-refractivity contribution in [3.8, 4) is 0 Å². The molecule has 0 unspecified atom stereocenters. The van der Waals surface area contributed by atoms with E-state index in [2.05, 4.69) is 27.6 Å². The fraction of sp³-hybridized carbons (Fsp3) is 0.571. The number of anilines is 2. The average Bonchev–Trinajstić information content (AvgIpc) is 3.38. The molecule has 1 amide bonds. The second-order valence-electron chi connectivity index (χ2n) is 8.38. The van der Waals surface area contributed by atoms with E-state index in [1.54, 1.807) is 0 Å². The second kappa shape index (κ2) is 6.66. The number of amides is 1. The number of aromatic nitrogens is 3. The lowest BCUT2D eigenvalue weighted by Gasteiger charge is -2.32. The molecule has 0 radical (unpaired) electrons. The Bertz CT molecular complexity index is 852. The number of aromatic amines is 1. The van der Waals surface area contributed by atoms with Gasteiger partial charge < -0.3 is 10.2 Å². The van der Waals surface area contributed by atoms with Gasteiger partial charge in [0.1, 0.15) is 5.82 Å². The zero-order valence-corrected chi connectivity index (χ0v) is 15.8. The first-order valence-electron chi connectivity index (χ1n) is 10.3. The molecule has 1 saturated carbocycles. The van der Waals surface area contributed by atoms with Gasteiger partial charge in [-0.05, 0) is 44.2 Å². The van der Waals surface area contributed by atoms with Crippen molar-refractivity contribution in [1.29, 1.82) is 0 Å². The quantitative estimate of drug-likeness (QED) is 0.738. The van der Waals surface area contributed by atoms with Crippen LogP contribution in [-0.2, 0) is 24.3 Å². The van der Waals surface area contributed by atoms with Crippen LogP contribution in [0.25, 0.3) is 0 Å². The van der Waals surface area contributed by atoms with Gasteiger partial charge in [-0.2, -0.15) is 5.10 Å². The fourth-order valence-electron chi connectivity index (χ4n) is 5.10. The summed E-state index contributed by atoms with van der Waals surface area (Å²) in [6, 6.07) is 6.13. The van der Waals surface area contributed by atoms with Gasteiger partial charge in [-0.25, -0.2) is 4.98 Å². The first kappa shape index (κ1) is 16.8. The molecule has 2 aromatic heterocycles. The Morgan fingerprint density at radius 2 is 1.81 bits per heavy atom. The third-order valence-corrected chi connectivity index (χ3v) is 6.59. The smallest absolute Gasteiger partial charge is 0.229 e. The van der Waals surface area contributed by atoms with Crippen molar-refractivity contribution in [3.63, 3.8) is 0 Å². The van der Waals surface area contributed by atoms with Crippen LogP contribution in [-0.4, -0.2) is 26.0 Å². The predicted octanol–water partition coefficient (Wildman–Crippen LogP) is 4.07. The maximum absolute atomic E-state index is 13.5. The molecule has 0 saturated heterocycles. The lowest BCUT2D eigenvalue weighted by atomic mass is 9.79. The molecular formula is C21H27N5O. The van der Waals surface area contributed by atoms with Crippen LogP contribution in [0, 0.1) is 5.41 Å². The van der Waals surface area contributed by atoms with Crippen molar-refractivity contribution < 1.29 is 4.79 Å². The summed E-state index contributed by atoms with van der Waals surface area (Å²) in [7, 11) is 0. The maximum atomic E-state index is 13.5. The van der Waals surface area contributed by atoms with Gasteiger partial charge in [0.25, 0.3) is 0 Å². The number of aryl methyl sites for hydroxylation is 1. The summed E-state index contributed by atoms with van der Waals surface area (Å²) in [6.07, 6.45) is 9.94. The SMILES string of the molecule is O=C1N2Cc3[nH]nc(c3C2)Nc2cccc(n2)CCCCCC12CCCC2. The standard InChI is InChI=1S/C21H27N5O/c27-20-21(11-4-5-12-21)10-3-1-2-7-15-8-6-9-18(22-15)23-19-16-13-26(20)14-17(16)24-25-19/h6,8-9H,1-5,7,10-14H2,(H2,22,23,24,25). The predicted molar refractivity (Wildman–Crippen MR) is 103 cm³/mol. The zero-order valence-electron chi connectivity index (χ0n) is 15.8. The van der Waals surface area contributed by atoms with E-state index in [4.69, 9.17) is 4.98 Å². The minimum Gasteiger partial charge on any atom is -0.332 e. The van der Waals surface area contributed by atoms with Crippen molar-refractivity contribution in [2.45, 2.75) is 70.9 Å². The first-order chi connectivity index (χ1) is 13.2. The lowest BCUT2D eigenvalue weighted by molar-refractivity contribution is -0.143. The van der Waals surface area contributed by atoms with Gasteiger partial charge in [0.15, 0.2) is 5.82 Å². The summed E-state index contributed by atoms with van der Waals surface area (Å²) < 4.78 is 0. The summed E-state index contributed by atoms with van der Waals surface area (Å²) >= 11 is 0. The molecule has 4 bridgehead atoms. The average molecular weight is 365 g/mol. The highest BCUT2D eigenvalue weighted by atomic mass is 16.2. The van der Waals surface area contributed by atoms with Crippen LogP contribution in [0.4, 0.5) is 11.6 Å². The Labute approximate surface area is 159 Å². The normalized spacial score (nSPS) is 21.8. The number of H-pyrrole nitrogens is 1. The number of rotatable bonds is 0. The highest BCUT2D eigenvalue weighted by Gasteiger charge is 2.44. The molecule has 0 atom stereocenters. The number of carbonyl (C=O) groups is 1. The highest BCUT2D eigenvalue weighted by molar-refractivity contribution is 5.84. The topological polar surface area (TPSA) is 73.9 Å². The second-order valence-corrected chi connectivity index (χ2v) is 8.38. The number of carbonyl (C=O) groups excluding carboxylic acids is 1. The summed E-state index contributed by atoms with van der Waals surface area (Å²) in [4.78, 5) is 20.3. The Morgan fingerprint density at radius 1 is 1.00 bits per heavy atom. The van der Waals surface area contributed by atoms with Gasteiger partial charge in [-0.1, -0.05) is 31.7 Å². The van der Waals surface area contributed by atoms with E-state index in [1.807, 2.05) is 11.0 Å². The monoisotopic (exact) mass is 365 g/mol. The molecule has 0 aromatic carbocycles. The lowest BCUT2D eigenvalue weighted by Crippen LogP contribution is -2.40. The molecule has 1 fully saturated rings. The summed E-state index contributed by atoms with van der Waals surface area (Å²) in [6.45, 7) is 1.30. The van der Waals surface area contributed by atoms with Crippen LogP contribution < -0.4 is 5.32 Å². The number of fused-ring (bicyclic) bond motifs is 3. The van der Waals surface area contributed by atoms with Crippen molar-refractivity contribution in [2.24, 2.45) is 5.41 Å². The summed E-state index contributed by atoms with van der Waals surface area (Å²) in [5.74, 6) is 2.00. The molecule has 1 aliphatic carbocycles. The summed E-state index contributed by atoms with van der Waals surface area (Å²) in [5, 5.41) is 10.9. The van der Waals surface area contributed by atoms with Crippen LogP contribution in [0.5, 0.6) is 0 Å². The fourth-order valence-corrected chi connectivity index (χ4v) is 5.10. The van der Waals surface area contributed by atoms with Crippen molar-refractivity contribution in [1.82, 2.24) is 20.1 Å². The van der Waals surface area contributed by atoms with E-state index in [9.17, 15) is 4.79 Å². The minimum absolute atomic E-state index is 0.124. The Balaban J connectivity index is 1.48. The molecule has 6 heteroatoms. The van der Waals surface area contributed by atoms with Crippen LogP contribution in [0.1, 0.15) is 68.3 Å². The maximum Gasteiger partial charge on any atom is 0.229 e. The molecule has 4 heterocycles. The largest absolute Gasteiger partial charge is 0.332 e. The molecule has 142 valence electrons. The van der Waals surface area contributed by atoms with Crippen LogP contribution in [0.2, 0.25) is 0 Å². The number of hydrogen-bond donors (Lipinski definition) is 2. The van der Waals surface area contributed by atoms with Crippen LogP contribution >= 0.6 is 0 Å². The Kier molecular flexibility index (Phi) is 4.14. The summed E-state index contributed by atoms with van der Waals surface area (Å²) in [5.41, 5.74) is 3.16. The van der Waals surface area contributed by atoms with Gasteiger partial charge in [-0.15, -0.1) is 0 Å². The first-order valence-corrected chi connectivity index (χ1v) is 10.3. The molecule has 1 spiro atoms.